The Morgan fingerprint density at radius 1 is 0.889 bits per heavy atom. The van der Waals surface area contributed by atoms with Crippen LogP contribution in [0.5, 0.6) is 0 Å². The van der Waals surface area contributed by atoms with E-state index in [1.165, 1.54) is 18.2 Å². The quantitative estimate of drug-likeness (QED) is 0.338. The molecule has 0 aromatic heterocycles. The molecule has 0 amide bonds. The number of nitrogens with zero attached hydrogens (tertiary/aromatic N) is 3. The first-order chi connectivity index (χ1) is 8.74. The summed E-state index contributed by atoms with van der Waals surface area (Å²) in [5.74, 6) is 0. The Labute approximate surface area is 106 Å². The van der Waals surface area contributed by atoms with Crippen molar-refractivity contribution in [3.05, 3.63) is 0 Å². The molecule has 0 rings (SSSR count). The number of unbranched alkanes of at least 4 members (excludes halogenated alkanes) is 4. The van der Waals surface area contributed by atoms with E-state index in [9.17, 15) is 14.4 Å². The maximum absolute atomic E-state index is 10.4. The first-order valence-electron chi connectivity index (χ1n) is 5.96. The van der Waals surface area contributed by atoms with Crippen LogP contribution in [0, 0.1) is 0 Å². The zero-order chi connectivity index (χ0) is 13.7. The van der Waals surface area contributed by atoms with Crippen LogP contribution in [0.1, 0.15) is 45.4 Å². The molecule has 6 nitrogen and oxygen atoms in total. The zero-order valence-electron chi connectivity index (χ0n) is 10.5. The highest BCUT2D eigenvalue weighted by Gasteiger charge is 2.28. The van der Waals surface area contributed by atoms with Crippen LogP contribution in [0.4, 0.5) is 0 Å². The second-order valence-electron chi connectivity index (χ2n) is 3.96. The van der Waals surface area contributed by atoms with Crippen LogP contribution in [0.25, 0.3) is 0 Å². The van der Waals surface area contributed by atoms with Gasteiger partial charge in [0.15, 0.2) is 5.66 Å². The summed E-state index contributed by atoms with van der Waals surface area (Å²) in [6, 6.07) is 0. The van der Waals surface area contributed by atoms with Crippen LogP contribution in [-0.4, -0.2) is 30.4 Å². The molecule has 0 aromatic carbocycles. The fourth-order valence-corrected chi connectivity index (χ4v) is 1.63. The molecule has 6 heteroatoms. The number of rotatable bonds is 10. The van der Waals surface area contributed by atoms with Gasteiger partial charge in [-0.05, 0) is 12.8 Å². The molecular weight excluding hydrogens is 234 g/mol. The Morgan fingerprint density at radius 2 is 1.50 bits per heavy atom. The van der Waals surface area contributed by atoms with Crippen LogP contribution in [0.15, 0.2) is 15.0 Å². The molecule has 0 unspecified atom stereocenters. The third-order valence-electron chi connectivity index (χ3n) is 2.59. The Hall–Kier alpha value is -1.86. The molecule has 0 saturated carbocycles. The van der Waals surface area contributed by atoms with Gasteiger partial charge in [0.2, 0.25) is 18.2 Å². The van der Waals surface area contributed by atoms with Crippen molar-refractivity contribution < 1.29 is 14.4 Å². The molecule has 0 bridgehead atoms. The van der Waals surface area contributed by atoms with Crippen LogP contribution in [-0.2, 0) is 14.4 Å². The summed E-state index contributed by atoms with van der Waals surface area (Å²) in [7, 11) is 0. The van der Waals surface area contributed by atoms with E-state index in [1.54, 1.807) is 0 Å². The summed E-state index contributed by atoms with van der Waals surface area (Å²) in [5, 5.41) is 0. The average Bonchev–Trinajstić information content (AvgIpc) is 2.37. The molecule has 0 aliphatic rings. The highest BCUT2D eigenvalue weighted by atomic mass is 16.1. The monoisotopic (exact) mass is 251 g/mol. The summed E-state index contributed by atoms with van der Waals surface area (Å²) in [6.45, 7) is 1.94. The number of isocyanates is 3. The highest BCUT2D eigenvalue weighted by Crippen LogP contribution is 2.22. The number of hydrogen-bond donors (Lipinski definition) is 0. The molecule has 0 aromatic rings. The smallest absolute Gasteiger partial charge is 0.211 e. The molecule has 0 spiro atoms. The van der Waals surface area contributed by atoms with Gasteiger partial charge in [-0.15, -0.1) is 0 Å². The normalized spacial score (nSPS) is 12.5. The predicted octanol–water partition coefficient (Wildman–Crippen LogP) is 2.05. The molecule has 0 saturated heterocycles. The van der Waals surface area contributed by atoms with Gasteiger partial charge in [-0.3, -0.25) is 0 Å². The van der Waals surface area contributed by atoms with Gasteiger partial charge in [-0.1, -0.05) is 32.6 Å². The topological polar surface area (TPSA) is 88.3 Å². The van der Waals surface area contributed by atoms with Crippen molar-refractivity contribution in [3.8, 4) is 0 Å². The molecule has 18 heavy (non-hydrogen) atoms. The lowest BCUT2D eigenvalue weighted by Gasteiger charge is -2.18. The number of carbonyl (C=O) groups excluding carboxylic acids is 3. The van der Waals surface area contributed by atoms with E-state index in [0.717, 1.165) is 32.1 Å². The van der Waals surface area contributed by atoms with Crippen LogP contribution < -0.4 is 0 Å². The Kier molecular flexibility index (Phi) is 9.24. The Morgan fingerprint density at radius 3 is 2.00 bits per heavy atom. The predicted molar refractivity (Wildman–Crippen MR) is 65.3 cm³/mol. The summed E-state index contributed by atoms with van der Waals surface area (Å²) in [6.07, 6.45) is 9.46. The van der Waals surface area contributed by atoms with E-state index in [-0.39, 0.29) is 6.54 Å². The number of hydrogen-bond acceptors (Lipinski definition) is 6. The van der Waals surface area contributed by atoms with E-state index < -0.39 is 5.66 Å². The lowest BCUT2D eigenvalue weighted by molar-refractivity contribution is 0.395. The Balaban J connectivity index is 4.57. The molecule has 0 atom stereocenters. The van der Waals surface area contributed by atoms with Crippen LogP contribution in [0.3, 0.4) is 0 Å². The largest absolute Gasteiger partial charge is 0.237 e. The lowest BCUT2D eigenvalue weighted by atomic mass is 10.0. The van der Waals surface area contributed by atoms with Gasteiger partial charge in [0.05, 0.1) is 6.54 Å². The Bertz CT molecular complexity index is 358. The second-order valence-corrected chi connectivity index (χ2v) is 3.96. The minimum atomic E-state index is -1.33. The van der Waals surface area contributed by atoms with Gasteiger partial charge in [-0.25, -0.2) is 19.4 Å². The van der Waals surface area contributed by atoms with Gasteiger partial charge in [0, 0.05) is 0 Å². The lowest BCUT2D eigenvalue weighted by Crippen LogP contribution is -2.27. The number of aliphatic imine (C=N–C) groups is 3. The summed E-state index contributed by atoms with van der Waals surface area (Å²) >= 11 is 0. The second kappa shape index (κ2) is 10.3. The molecule has 0 aliphatic carbocycles. The molecule has 98 valence electrons. The van der Waals surface area contributed by atoms with E-state index in [1.807, 2.05) is 0 Å². The van der Waals surface area contributed by atoms with E-state index in [2.05, 4.69) is 21.9 Å². The average molecular weight is 251 g/mol. The molecule has 0 N–H and O–H groups in total. The molecule has 0 aliphatic heterocycles. The van der Waals surface area contributed by atoms with E-state index in [4.69, 9.17) is 0 Å². The van der Waals surface area contributed by atoms with E-state index in [0.29, 0.717) is 6.42 Å². The van der Waals surface area contributed by atoms with Crippen molar-refractivity contribution in [1.29, 1.82) is 0 Å². The standard InChI is InChI=1S/C12H17N3O3/c1-2-3-4-5-6-7-12(14-10-17,15-11-18)8-13-9-16/h2-8H2,1H3. The first kappa shape index (κ1) is 16.1. The maximum atomic E-state index is 10.4. The van der Waals surface area contributed by atoms with Crippen molar-refractivity contribution in [1.82, 2.24) is 0 Å². The van der Waals surface area contributed by atoms with Crippen molar-refractivity contribution in [2.24, 2.45) is 15.0 Å². The highest BCUT2D eigenvalue weighted by molar-refractivity contribution is 5.40. The van der Waals surface area contributed by atoms with Gasteiger partial charge < -0.3 is 0 Å². The van der Waals surface area contributed by atoms with E-state index >= 15 is 0 Å². The molecule has 0 fully saturated rings. The minimum absolute atomic E-state index is 0.172. The summed E-state index contributed by atoms with van der Waals surface area (Å²) in [4.78, 5) is 41.2. The fraction of sp³-hybridized carbons (Fsp3) is 0.750. The van der Waals surface area contributed by atoms with Crippen molar-refractivity contribution in [2.75, 3.05) is 6.54 Å². The van der Waals surface area contributed by atoms with Crippen LogP contribution >= 0.6 is 0 Å². The van der Waals surface area contributed by atoms with Crippen LogP contribution in [0.2, 0.25) is 0 Å². The third-order valence-corrected chi connectivity index (χ3v) is 2.59. The third kappa shape index (κ3) is 6.66. The van der Waals surface area contributed by atoms with Crippen molar-refractivity contribution >= 4 is 18.2 Å². The fourth-order valence-electron chi connectivity index (χ4n) is 1.63. The van der Waals surface area contributed by atoms with Gasteiger partial charge in [0.1, 0.15) is 0 Å². The SMILES string of the molecule is CCCCCCCC(CN=C=O)(N=C=O)N=C=O. The van der Waals surface area contributed by atoms with Gasteiger partial charge >= 0.3 is 0 Å². The van der Waals surface area contributed by atoms with Gasteiger partial charge in [-0.2, -0.15) is 9.98 Å². The first-order valence-corrected chi connectivity index (χ1v) is 5.96. The van der Waals surface area contributed by atoms with Crippen molar-refractivity contribution in [3.63, 3.8) is 0 Å². The zero-order valence-corrected chi connectivity index (χ0v) is 10.5. The van der Waals surface area contributed by atoms with Gasteiger partial charge in [0.25, 0.3) is 0 Å². The minimum Gasteiger partial charge on any atom is -0.211 e. The molecular formula is C12H17N3O3. The molecule has 0 radical (unpaired) electrons. The summed E-state index contributed by atoms with van der Waals surface area (Å²) < 4.78 is 0. The summed E-state index contributed by atoms with van der Waals surface area (Å²) in [5.41, 5.74) is -1.33. The van der Waals surface area contributed by atoms with Crippen molar-refractivity contribution in [2.45, 2.75) is 51.1 Å². The molecule has 0 heterocycles. The maximum Gasteiger partial charge on any atom is 0.237 e.